The minimum atomic E-state index is -0.147. The summed E-state index contributed by atoms with van der Waals surface area (Å²) in [6, 6.07) is 3.96. The van der Waals surface area contributed by atoms with Crippen molar-refractivity contribution < 1.29 is 0 Å². The molecule has 1 aromatic rings. The normalized spacial score (nSPS) is 12.4. The third-order valence-corrected chi connectivity index (χ3v) is 2.00. The van der Waals surface area contributed by atoms with Gasteiger partial charge in [-0.3, -0.25) is 0 Å². The topological polar surface area (TPSA) is 35.8 Å². The Morgan fingerprint density at radius 1 is 1.80 bits per heavy atom. The monoisotopic (exact) mass is 152 g/mol. The van der Waals surface area contributed by atoms with Crippen molar-refractivity contribution in [1.82, 2.24) is 5.32 Å². The Morgan fingerprint density at radius 3 is 3.00 bits per heavy atom. The largest absolute Gasteiger partial charge is 0.301 e. The zero-order valence-corrected chi connectivity index (χ0v) is 6.48. The predicted octanol–water partition coefficient (Wildman–Crippen LogP) is 1.53. The van der Waals surface area contributed by atoms with Crippen molar-refractivity contribution in [2.24, 2.45) is 0 Å². The predicted molar refractivity (Wildman–Crippen MR) is 41.7 cm³/mol. The first-order valence-electron chi connectivity index (χ1n) is 2.97. The van der Waals surface area contributed by atoms with Gasteiger partial charge in [0, 0.05) is 0 Å². The van der Waals surface area contributed by atoms with Crippen molar-refractivity contribution in [2.75, 3.05) is 7.05 Å². The molecular weight excluding hydrogens is 144 g/mol. The highest BCUT2D eigenvalue weighted by Gasteiger charge is 2.05. The van der Waals surface area contributed by atoms with Crippen LogP contribution in [0, 0.1) is 11.3 Å². The lowest BCUT2D eigenvalue weighted by Crippen LogP contribution is -2.12. The van der Waals surface area contributed by atoms with E-state index in [1.54, 1.807) is 18.4 Å². The number of thiophene rings is 1. The van der Waals surface area contributed by atoms with Crippen molar-refractivity contribution in [3.63, 3.8) is 0 Å². The molecule has 1 heterocycles. The van der Waals surface area contributed by atoms with Crippen LogP contribution in [0.5, 0.6) is 0 Å². The lowest BCUT2D eigenvalue weighted by molar-refractivity contribution is 0.730. The highest BCUT2D eigenvalue weighted by atomic mass is 32.1. The van der Waals surface area contributed by atoms with Crippen LogP contribution in [0.1, 0.15) is 11.6 Å². The molecule has 10 heavy (non-hydrogen) atoms. The first kappa shape index (κ1) is 7.26. The molecule has 3 heteroatoms. The summed E-state index contributed by atoms with van der Waals surface area (Å²) in [5, 5.41) is 15.4. The van der Waals surface area contributed by atoms with Crippen molar-refractivity contribution in [3.8, 4) is 6.07 Å². The summed E-state index contributed by atoms with van der Waals surface area (Å²) >= 11 is 1.61. The van der Waals surface area contributed by atoms with Crippen LogP contribution in [0.3, 0.4) is 0 Å². The zero-order chi connectivity index (χ0) is 7.40. The molecule has 1 rings (SSSR count). The molecule has 1 N–H and O–H groups in total. The van der Waals surface area contributed by atoms with E-state index in [0.29, 0.717) is 0 Å². The van der Waals surface area contributed by atoms with E-state index in [1.807, 2.05) is 16.8 Å². The maximum absolute atomic E-state index is 8.59. The average molecular weight is 152 g/mol. The number of hydrogen-bond acceptors (Lipinski definition) is 3. The van der Waals surface area contributed by atoms with Crippen molar-refractivity contribution in [2.45, 2.75) is 6.04 Å². The van der Waals surface area contributed by atoms with Crippen LogP contribution in [-0.2, 0) is 0 Å². The smallest absolute Gasteiger partial charge is 0.121 e. The van der Waals surface area contributed by atoms with E-state index in [4.69, 9.17) is 5.26 Å². The Kier molecular flexibility index (Phi) is 2.43. The molecule has 0 aliphatic carbocycles. The molecule has 1 atom stereocenters. The van der Waals surface area contributed by atoms with E-state index in [2.05, 4.69) is 11.4 Å². The molecule has 0 bridgehead atoms. The standard InChI is InChI=1S/C7H8N2S/c1-9-7(4-8)6-2-3-10-5-6/h2-3,5,7,9H,1H3. The Hall–Kier alpha value is -0.850. The van der Waals surface area contributed by atoms with E-state index < -0.39 is 0 Å². The summed E-state index contributed by atoms with van der Waals surface area (Å²) in [5.74, 6) is 0. The van der Waals surface area contributed by atoms with Gasteiger partial charge in [-0.15, -0.1) is 0 Å². The van der Waals surface area contributed by atoms with E-state index >= 15 is 0 Å². The van der Waals surface area contributed by atoms with Crippen LogP contribution in [0.25, 0.3) is 0 Å². The molecule has 0 fully saturated rings. The SMILES string of the molecule is CNC(C#N)c1ccsc1. The van der Waals surface area contributed by atoms with Crippen LogP contribution in [-0.4, -0.2) is 7.05 Å². The average Bonchev–Trinajstić information content (AvgIpc) is 2.43. The fourth-order valence-electron chi connectivity index (χ4n) is 0.745. The van der Waals surface area contributed by atoms with Crippen LogP contribution >= 0.6 is 11.3 Å². The lowest BCUT2D eigenvalue weighted by atomic mass is 10.2. The number of nitriles is 1. The fraction of sp³-hybridized carbons (Fsp3) is 0.286. The van der Waals surface area contributed by atoms with Gasteiger partial charge in [0.25, 0.3) is 0 Å². The van der Waals surface area contributed by atoms with Crippen LogP contribution < -0.4 is 5.32 Å². The summed E-state index contributed by atoms with van der Waals surface area (Å²) in [6.07, 6.45) is 0. The maximum atomic E-state index is 8.59. The molecule has 0 saturated heterocycles. The first-order valence-corrected chi connectivity index (χ1v) is 3.91. The highest BCUT2D eigenvalue weighted by Crippen LogP contribution is 2.14. The van der Waals surface area contributed by atoms with Gasteiger partial charge in [-0.25, -0.2) is 0 Å². The van der Waals surface area contributed by atoms with Gasteiger partial charge in [0.15, 0.2) is 0 Å². The van der Waals surface area contributed by atoms with Gasteiger partial charge in [0.2, 0.25) is 0 Å². The van der Waals surface area contributed by atoms with Crippen LogP contribution in [0.15, 0.2) is 16.8 Å². The summed E-state index contributed by atoms with van der Waals surface area (Å²) in [6.45, 7) is 0. The van der Waals surface area contributed by atoms with E-state index in [-0.39, 0.29) is 6.04 Å². The van der Waals surface area contributed by atoms with E-state index in [9.17, 15) is 0 Å². The van der Waals surface area contributed by atoms with E-state index in [0.717, 1.165) is 5.56 Å². The minimum absolute atomic E-state index is 0.147. The molecule has 1 aromatic heterocycles. The Bertz CT molecular complexity index is 222. The van der Waals surface area contributed by atoms with Gasteiger partial charge < -0.3 is 5.32 Å². The quantitative estimate of drug-likeness (QED) is 0.697. The molecule has 0 aliphatic heterocycles. The van der Waals surface area contributed by atoms with Gasteiger partial charge in [-0.05, 0) is 29.4 Å². The maximum Gasteiger partial charge on any atom is 0.121 e. The molecule has 0 spiro atoms. The summed E-state index contributed by atoms with van der Waals surface area (Å²) in [7, 11) is 1.78. The van der Waals surface area contributed by atoms with Crippen molar-refractivity contribution in [1.29, 1.82) is 5.26 Å². The second-order valence-corrected chi connectivity index (χ2v) is 2.69. The molecular formula is C7H8N2S. The second kappa shape index (κ2) is 3.35. The summed E-state index contributed by atoms with van der Waals surface area (Å²) in [5.41, 5.74) is 1.05. The minimum Gasteiger partial charge on any atom is -0.301 e. The van der Waals surface area contributed by atoms with Crippen molar-refractivity contribution in [3.05, 3.63) is 22.4 Å². The molecule has 0 aromatic carbocycles. The number of nitrogens with zero attached hydrogens (tertiary/aromatic N) is 1. The molecule has 0 aliphatic rings. The number of nitrogens with one attached hydrogen (secondary N) is 1. The van der Waals surface area contributed by atoms with Crippen molar-refractivity contribution >= 4 is 11.3 Å². The fourth-order valence-corrected chi connectivity index (χ4v) is 1.43. The Morgan fingerprint density at radius 2 is 2.60 bits per heavy atom. The third kappa shape index (κ3) is 1.35. The van der Waals surface area contributed by atoms with Crippen LogP contribution in [0.2, 0.25) is 0 Å². The molecule has 52 valence electrons. The van der Waals surface area contributed by atoms with Gasteiger partial charge in [0.05, 0.1) is 6.07 Å². The van der Waals surface area contributed by atoms with Gasteiger partial charge in [-0.1, -0.05) is 0 Å². The van der Waals surface area contributed by atoms with Gasteiger partial charge in [0.1, 0.15) is 6.04 Å². The lowest BCUT2D eigenvalue weighted by Gasteiger charge is -2.02. The molecule has 0 amide bonds. The first-order chi connectivity index (χ1) is 4.88. The Labute approximate surface area is 64.1 Å². The Balaban J connectivity index is 2.76. The van der Waals surface area contributed by atoms with Gasteiger partial charge >= 0.3 is 0 Å². The van der Waals surface area contributed by atoms with E-state index in [1.165, 1.54) is 0 Å². The zero-order valence-electron chi connectivity index (χ0n) is 5.66. The number of rotatable bonds is 2. The van der Waals surface area contributed by atoms with Crippen LogP contribution in [0.4, 0.5) is 0 Å². The number of hydrogen-bond donors (Lipinski definition) is 1. The molecule has 0 saturated carbocycles. The molecule has 0 radical (unpaired) electrons. The van der Waals surface area contributed by atoms with Gasteiger partial charge in [-0.2, -0.15) is 16.6 Å². The summed E-state index contributed by atoms with van der Waals surface area (Å²) < 4.78 is 0. The highest BCUT2D eigenvalue weighted by molar-refractivity contribution is 7.07. The summed E-state index contributed by atoms with van der Waals surface area (Å²) in [4.78, 5) is 0. The molecule has 2 nitrogen and oxygen atoms in total. The molecule has 1 unspecified atom stereocenters. The second-order valence-electron chi connectivity index (χ2n) is 1.91. The third-order valence-electron chi connectivity index (χ3n) is 1.29.